The largest absolute Gasteiger partial charge is 0.336 e. The zero-order valence-electron chi connectivity index (χ0n) is 15.5. The summed E-state index contributed by atoms with van der Waals surface area (Å²) in [5, 5.41) is 0. The van der Waals surface area contributed by atoms with E-state index in [2.05, 4.69) is 9.88 Å². The minimum absolute atomic E-state index is 0.126. The first-order valence-corrected chi connectivity index (χ1v) is 9.79. The van der Waals surface area contributed by atoms with E-state index in [-0.39, 0.29) is 5.91 Å². The number of piperazine rings is 1. The molecule has 0 N–H and O–H groups in total. The van der Waals surface area contributed by atoms with Crippen LogP contribution in [-0.2, 0) is 0 Å². The fourth-order valence-electron chi connectivity index (χ4n) is 4.29. The highest BCUT2D eigenvalue weighted by molar-refractivity contribution is 5.95. The molecule has 1 aromatic carbocycles. The normalized spacial score (nSPS) is 19.0. The fourth-order valence-corrected chi connectivity index (χ4v) is 4.29. The van der Waals surface area contributed by atoms with E-state index in [1.165, 1.54) is 25.7 Å². The summed E-state index contributed by atoms with van der Waals surface area (Å²) in [7, 11) is 0. The van der Waals surface area contributed by atoms with Crippen molar-refractivity contribution in [3.05, 3.63) is 53.7 Å². The molecule has 4 rings (SSSR count). The van der Waals surface area contributed by atoms with Gasteiger partial charge >= 0.3 is 0 Å². The van der Waals surface area contributed by atoms with Crippen molar-refractivity contribution in [3.8, 4) is 11.3 Å². The zero-order chi connectivity index (χ0) is 17.9. The number of rotatable bonds is 3. The number of nitrogens with zero attached hydrogens (tertiary/aromatic N) is 3. The molecule has 2 heterocycles. The lowest BCUT2D eigenvalue weighted by Gasteiger charge is -2.38. The number of hydrogen-bond donors (Lipinski definition) is 0. The summed E-state index contributed by atoms with van der Waals surface area (Å²) in [4.78, 5) is 22.2. The second kappa shape index (κ2) is 7.58. The van der Waals surface area contributed by atoms with Gasteiger partial charge < -0.3 is 4.90 Å². The summed E-state index contributed by atoms with van der Waals surface area (Å²) in [5.74, 6) is 0.126. The topological polar surface area (TPSA) is 36.4 Å². The molecule has 136 valence electrons. The van der Waals surface area contributed by atoms with Crippen molar-refractivity contribution >= 4 is 5.91 Å². The molecule has 1 saturated carbocycles. The number of carbonyl (C=O) groups excluding carboxylic acids is 1. The van der Waals surface area contributed by atoms with Crippen LogP contribution in [0.4, 0.5) is 0 Å². The predicted octanol–water partition coefficient (Wildman–Crippen LogP) is 3.76. The minimum Gasteiger partial charge on any atom is -0.336 e. The second-order valence-electron chi connectivity index (χ2n) is 7.46. The summed E-state index contributed by atoms with van der Waals surface area (Å²) in [6.07, 6.45) is 5.39. The summed E-state index contributed by atoms with van der Waals surface area (Å²) >= 11 is 0. The maximum absolute atomic E-state index is 13.0. The molecule has 1 aliphatic carbocycles. The molecule has 1 saturated heterocycles. The Hall–Kier alpha value is -2.20. The van der Waals surface area contributed by atoms with Crippen LogP contribution < -0.4 is 0 Å². The third kappa shape index (κ3) is 3.51. The van der Waals surface area contributed by atoms with Crippen molar-refractivity contribution in [1.29, 1.82) is 0 Å². The van der Waals surface area contributed by atoms with Gasteiger partial charge in [-0.05, 0) is 31.9 Å². The summed E-state index contributed by atoms with van der Waals surface area (Å²) in [6.45, 7) is 5.61. The van der Waals surface area contributed by atoms with Gasteiger partial charge in [0.15, 0.2) is 0 Å². The number of aromatic nitrogens is 1. The summed E-state index contributed by atoms with van der Waals surface area (Å²) in [5.41, 5.74) is 3.55. The lowest BCUT2D eigenvalue weighted by Crippen LogP contribution is -2.51. The Kier molecular flexibility index (Phi) is 5.02. The molecule has 2 fully saturated rings. The number of benzene rings is 1. The molecule has 4 heteroatoms. The van der Waals surface area contributed by atoms with Crippen LogP contribution >= 0.6 is 0 Å². The second-order valence-corrected chi connectivity index (χ2v) is 7.46. The molecule has 2 aliphatic rings. The molecule has 0 unspecified atom stereocenters. The number of aryl methyl sites for hydroxylation is 1. The number of carbonyl (C=O) groups is 1. The first-order chi connectivity index (χ1) is 12.7. The number of hydrogen-bond acceptors (Lipinski definition) is 3. The Labute approximate surface area is 155 Å². The SMILES string of the molecule is Cc1nc(-c2ccccc2)ccc1C(=O)N1CCN(C2CCCC2)CC1. The molecule has 1 amide bonds. The number of amides is 1. The lowest BCUT2D eigenvalue weighted by molar-refractivity contribution is 0.0572. The first kappa shape index (κ1) is 17.2. The first-order valence-electron chi connectivity index (χ1n) is 9.79. The third-order valence-corrected chi connectivity index (χ3v) is 5.83. The third-order valence-electron chi connectivity index (χ3n) is 5.83. The van der Waals surface area contributed by atoms with Crippen molar-refractivity contribution in [2.24, 2.45) is 0 Å². The van der Waals surface area contributed by atoms with Crippen LogP contribution in [0.2, 0.25) is 0 Å². The highest BCUT2D eigenvalue weighted by Crippen LogP contribution is 2.25. The van der Waals surface area contributed by atoms with Gasteiger partial charge in [0.25, 0.3) is 5.91 Å². The van der Waals surface area contributed by atoms with Gasteiger partial charge in [-0.3, -0.25) is 14.7 Å². The summed E-state index contributed by atoms with van der Waals surface area (Å²) < 4.78 is 0. The Morgan fingerprint density at radius 3 is 2.31 bits per heavy atom. The smallest absolute Gasteiger partial charge is 0.255 e. The van der Waals surface area contributed by atoms with Crippen LogP contribution in [-0.4, -0.2) is 52.9 Å². The molecule has 4 nitrogen and oxygen atoms in total. The van der Waals surface area contributed by atoms with Crippen molar-refractivity contribution in [3.63, 3.8) is 0 Å². The van der Waals surface area contributed by atoms with E-state index < -0.39 is 0 Å². The van der Waals surface area contributed by atoms with E-state index in [4.69, 9.17) is 0 Å². The van der Waals surface area contributed by atoms with Crippen molar-refractivity contribution < 1.29 is 4.79 Å². The quantitative estimate of drug-likeness (QED) is 0.847. The molecular formula is C22H27N3O. The average Bonchev–Trinajstić information content (AvgIpc) is 3.23. The molecule has 0 radical (unpaired) electrons. The van der Waals surface area contributed by atoms with Crippen LogP contribution in [0.25, 0.3) is 11.3 Å². The van der Waals surface area contributed by atoms with Gasteiger partial charge in [0, 0.05) is 37.8 Å². The van der Waals surface area contributed by atoms with Gasteiger partial charge in [-0.2, -0.15) is 0 Å². The van der Waals surface area contributed by atoms with E-state index in [9.17, 15) is 4.79 Å². The predicted molar refractivity (Wildman–Crippen MR) is 104 cm³/mol. The van der Waals surface area contributed by atoms with E-state index in [1.54, 1.807) is 0 Å². The highest BCUT2D eigenvalue weighted by atomic mass is 16.2. The molecule has 1 aliphatic heterocycles. The molecule has 2 aromatic rings. The van der Waals surface area contributed by atoms with E-state index in [1.807, 2.05) is 54.3 Å². The van der Waals surface area contributed by atoms with Gasteiger partial charge in [0.1, 0.15) is 0 Å². The molecule has 0 atom stereocenters. The van der Waals surface area contributed by atoms with Gasteiger partial charge in [0.05, 0.1) is 17.0 Å². The van der Waals surface area contributed by atoms with Gasteiger partial charge in [-0.1, -0.05) is 43.2 Å². The van der Waals surface area contributed by atoms with Gasteiger partial charge in [0.2, 0.25) is 0 Å². The molecular weight excluding hydrogens is 322 g/mol. The van der Waals surface area contributed by atoms with Crippen molar-refractivity contribution in [2.45, 2.75) is 38.6 Å². The zero-order valence-corrected chi connectivity index (χ0v) is 15.5. The molecule has 0 spiro atoms. The summed E-state index contributed by atoms with van der Waals surface area (Å²) in [6, 6.07) is 14.8. The lowest BCUT2D eigenvalue weighted by atomic mass is 10.1. The minimum atomic E-state index is 0.126. The standard InChI is InChI=1S/C22H27N3O/c1-17-20(11-12-21(23-17)18-7-3-2-4-8-18)22(26)25-15-13-24(14-16-25)19-9-5-6-10-19/h2-4,7-8,11-12,19H,5-6,9-10,13-16H2,1H3. The van der Waals surface area contributed by atoms with E-state index in [0.29, 0.717) is 0 Å². The fraction of sp³-hybridized carbons (Fsp3) is 0.455. The molecule has 26 heavy (non-hydrogen) atoms. The molecule has 1 aromatic heterocycles. The van der Waals surface area contributed by atoms with Gasteiger partial charge in [-0.15, -0.1) is 0 Å². The Morgan fingerprint density at radius 1 is 0.962 bits per heavy atom. The van der Waals surface area contributed by atoms with Crippen LogP contribution in [0, 0.1) is 6.92 Å². The maximum atomic E-state index is 13.0. The van der Waals surface area contributed by atoms with Crippen molar-refractivity contribution in [2.75, 3.05) is 26.2 Å². The maximum Gasteiger partial charge on any atom is 0.255 e. The van der Waals surface area contributed by atoms with Crippen LogP contribution in [0.1, 0.15) is 41.7 Å². The van der Waals surface area contributed by atoms with E-state index >= 15 is 0 Å². The molecule has 0 bridgehead atoms. The van der Waals surface area contributed by atoms with Crippen LogP contribution in [0.3, 0.4) is 0 Å². The highest BCUT2D eigenvalue weighted by Gasteiger charge is 2.28. The Bertz CT molecular complexity index is 760. The van der Waals surface area contributed by atoms with Gasteiger partial charge in [-0.25, -0.2) is 0 Å². The number of pyridine rings is 1. The monoisotopic (exact) mass is 349 g/mol. The Morgan fingerprint density at radius 2 is 1.65 bits per heavy atom. The Balaban J connectivity index is 1.43. The van der Waals surface area contributed by atoms with Crippen molar-refractivity contribution in [1.82, 2.24) is 14.8 Å². The van der Waals surface area contributed by atoms with Crippen LogP contribution in [0.15, 0.2) is 42.5 Å². The van der Waals surface area contributed by atoms with E-state index in [0.717, 1.165) is 54.7 Å². The van der Waals surface area contributed by atoms with Crippen LogP contribution in [0.5, 0.6) is 0 Å². The average molecular weight is 349 g/mol.